The maximum Gasteiger partial charge on any atom is 0.416 e. The lowest BCUT2D eigenvalue weighted by Crippen LogP contribution is -2.49. The average Bonchev–Trinajstić information content (AvgIpc) is 3.03. The number of hydrogen-bond donors (Lipinski definition) is 1. The monoisotopic (exact) mass is 416 g/mol. The standard InChI is InChI=1S/C22H19F3N2O3/c1-13-5-10-18(20(28)26-13)27-11-17-16(21(27)29)3-2-4-19(17)30-12-14-6-8-15(9-7-14)22(23,24)25/h2-4,6-9,18H,1,5,10-12H2,(H,26,28). The highest BCUT2D eigenvalue weighted by Crippen LogP contribution is 2.34. The normalized spacial score (nSPS) is 19.0. The fourth-order valence-electron chi connectivity index (χ4n) is 3.72. The van der Waals surface area contributed by atoms with Gasteiger partial charge in [-0.1, -0.05) is 24.8 Å². The summed E-state index contributed by atoms with van der Waals surface area (Å²) >= 11 is 0. The molecule has 30 heavy (non-hydrogen) atoms. The first-order valence-electron chi connectivity index (χ1n) is 9.44. The van der Waals surface area contributed by atoms with E-state index in [-0.39, 0.29) is 25.0 Å². The van der Waals surface area contributed by atoms with Gasteiger partial charge in [-0.05, 0) is 42.7 Å². The molecule has 1 N–H and O–H groups in total. The second-order valence-corrected chi connectivity index (χ2v) is 7.35. The van der Waals surface area contributed by atoms with Crippen molar-refractivity contribution in [1.29, 1.82) is 0 Å². The number of hydrogen-bond acceptors (Lipinski definition) is 3. The molecule has 0 radical (unpaired) electrons. The summed E-state index contributed by atoms with van der Waals surface area (Å²) < 4.78 is 43.9. The number of alkyl halides is 3. The molecule has 0 spiro atoms. The van der Waals surface area contributed by atoms with E-state index in [0.717, 1.165) is 12.1 Å². The molecule has 1 saturated heterocycles. The van der Waals surface area contributed by atoms with Crippen molar-refractivity contribution in [2.24, 2.45) is 0 Å². The van der Waals surface area contributed by atoms with Gasteiger partial charge in [0.1, 0.15) is 18.4 Å². The van der Waals surface area contributed by atoms with Gasteiger partial charge >= 0.3 is 6.18 Å². The average molecular weight is 416 g/mol. The largest absolute Gasteiger partial charge is 0.489 e. The summed E-state index contributed by atoms with van der Waals surface area (Å²) in [6.45, 7) is 4.05. The van der Waals surface area contributed by atoms with E-state index in [9.17, 15) is 22.8 Å². The van der Waals surface area contributed by atoms with Gasteiger partial charge in [-0.15, -0.1) is 0 Å². The number of allylic oxidation sites excluding steroid dienone is 1. The lowest BCUT2D eigenvalue weighted by molar-refractivity contribution is -0.137. The smallest absolute Gasteiger partial charge is 0.416 e. The lowest BCUT2D eigenvalue weighted by Gasteiger charge is -2.31. The number of halogens is 3. The molecule has 0 aliphatic carbocycles. The van der Waals surface area contributed by atoms with Gasteiger partial charge in [0.05, 0.1) is 12.1 Å². The SMILES string of the molecule is C=C1CCC(N2Cc3c(OCc4ccc(C(F)(F)F)cc4)cccc3C2=O)C(=O)N1. The number of nitrogens with one attached hydrogen (secondary N) is 1. The third-order valence-electron chi connectivity index (χ3n) is 5.33. The number of carbonyl (C=O) groups excluding carboxylic acids is 2. The Bertz CT molecular complexity index is 1020. The maximum absolute atomic E-state index is 12.8. The minimum Gasteiger partial charge on any atom is -0.489 e. The topological polar surface area (TPSA) is 58.6 Å². The van der Waals surface area contributed by atoms with Gasteiger partial charge in [0.15, 0.2) is 0 Å². The van der Waals surface area contributed by atoms with E-state index in [1.54, 1.807) is 18.2 Å². The molecule has 2 amide bonds. The molecule has 1 fully saturated rings. The van der Waals surface area contributed by atoms with E-state index in [1.165, 1.54) is 17.0 Å². The summed E-state index contributed by atoms with van der Waals surface area (Å²) in [5.41, 5.74) is 1.64. The number of nitrogens with zero attached hydrogens (tertiary/aromatic N) is 1. The molecule has 2 aliphatic heterocycles. The van der Waals surface area contributed by atoms with Crippen molar-refractivity contribution in [3.05, 3.63) is 77.0 Å². The molecule has 0 bridgehead atoms. The van der Waals surface area contributed by atoms with Gasteiger partial charge in [0, 0.05) is 16.8 Å². The molecule has 1 atom stereocenters. The molecular formula is C22H19F3N2O3. The molecule has 8 heteroatoms. The van der Waals surface area contributed by atoms with E-state index in [0.29, 0.717) is 41.0 Å². The number of fused-ring (bicyclic) bond motifs is 1. The van der Waals surface area contributed by atoms with Gasteiger partial charge in [-0.3, -0.25) is 9.59 Å². The molecule has 0 saturated carbocycles. The van der Waals surface area contributed by atoms with Crippen LogP contribution in [0.3, 0.4) is 0 Å². The summed E-state index contributed by atoms with van der Waals surface area (Å²) in [5.74, 6) is -0.0128. The Morgan fingerprint density at radius 2 is 1.87 bits per heavy atom. The van der Waals surface area contributed by atoms with Crippen molar-refractivity contribution in [2.75, 3.05) is 0 Å². The van der Waals surface area contributed by atoms with E-state index in [4.69, 9.17) is 4.74 Å². The summed E-state index contributed by atoms with van der Waals surface area (Å²) in [5, 5.41) is 2.69. The summed E-state index contributed by atoms with van der Waals surface area (Å²) in [6.07, 6.45) is -3.28. The van der Waals surface area contributed by atoms with Crippen molar-refractivity contribution in [1.82, 2.24) is 10.2 Å². The van der Waals surface area contributed by atoms with Crippen LogP contribution in [-0.2, 0) is 24.1 Å². The first-order chi connectivity index (χ1) is 14.2. The van der Waals surface area contributed by atoms with E-state index in [1.807, 2.05) is 0 Å². The first-order valence-corrected chi connectivity index (χ1v) is 9.44. The van der Waals surface area contributed by atoms with Crippen molar-refractivity contribution in [2.45, 2.75) is 38.2 Å². The minimum atomic E-state index is -4.39. The quantitative estimate of drug-likeness (QED) is 0.819. The Balaban J connectivity index is 1.49. The Labute approximate surface area is 171 Å². The Hall–Kier alpha value is -3.29. The molecule has 4 rings (SSSR count). The number of amides is 2. The predicted octanol–water partition coefficient (Wildman–Crippen LogP) is 4.03. The number of rotatable bonds is 4. The van der Waals surface area contributed by atoms with Gasteiger partial charge in [0.2, 0.25) is 5.91 Å². The highest BCUT2D eigenvalue weighted by molar-refractivity contribution is 6.02. The van der Waals surface area contributed by atoms with Crippen LogP contribution in [0.15, 0.2) is 54.7 Å². The second-order valence-electron chi connectivity index (χ2n) is 7.35. The van der Waals surface area contributed by atoms with Crippen LogP contribution in [0.1, 0.15) is 39.9 Å². The molecule has 2 aromatic rings. The van der Waals surface area contributed by atoms with Crippen LogP contribution in [0.25, 0.3) is 0 Å². The lowest BCUT2D eigenvalue weighted by atomic mass is 10.0. The van der Waals surface area contributed by atoms with Crippen molar-refractivity contribution in [3.63, 3.8) is 0 Å². The fourth-order valence-corrected chi connectivity index (χ4v) is 3.72. The highest BCUT2D eigenvalue weighted by Gasteiger charge is 2.39. The van der Waals surface area contributed by atoms with Gasteiger partial charge in [0.25, 0.3) is 5.91 Å². The van der Waals surface area contributed by atoms with Crippen LogP contribution in [-0.4, -0.2) is 22.8 Å². The number of piperidine rings is 1. The number of ether oxygens (including phenoxy) is 1. The summed E-state index contributed by atoms with van der Waals surface area (Å²) in [4.78, 5) is 26.7. The minimum absolute atomic E-state index is 0.0620. The third kappa shape index (κ3) is 3.77. The van der Waals surface area contributed by atoms with Gasteiger partial charge in [-0.25, -0.2) is 0 Å². The van der Waals surface area contributed by atoms with E-state index < -0.39 is 17.8 Å². The molecule has 156 valence electrons. The highest BCUT2D eigenvalue weighted by atomic mass is 19.4. The van der Waals surface area contributed by atoms with Crippen molar-refractivity contribution in [3.8, 4) is 5.75 Å². The Morgan fingerprint density at radius 3 is 2.53 bits per heavy atom. The van der Waals surface area contributed by atoms with Crippen molar-refractivity contribution >= 4 is 11.8 Å². The number of benzene rings is 2. The molecule has 5 nitrogen and oxygen atoms in total. The Morgan fingerprint density at radius 1 is 1.13 bits per heavy atom. The zero-order valence-electron chi connectivity index (χ0n) is 16.0. The molecule has 1 unspecified atom stereocenters. The van der Waals surface area contributed by atoms with Crippen LogP contribution in [0, 0.1) is 0 Å². The molecule has 2 aliphatic rings. The maximum atomic E-state index is 12.8. The van der Waals surface area contributed by atoms with E-state index in [2.05, 4.69) is 11.9 Å². The van der Waals surface area contributed by atoms with Gasteiger partial charge < -0.3 is 15.0 Å². The molecule has 2 heterocycles. The van der Waals surface area contributed by atoms with Crippen LogP contribution in [0.4, 0.5) is 13.2 Å². The van der Waals surface area contributed by atoms with Crippen LogP contribution in [0.2, 0.25) is 0 Å². The fraction of sp³-hybridized carbons (Fsp3) is 0.273. The molecule has 2 aromatic carbocycles. The molecule has 0 aromatic heterocycles. The van der Waals surface area contributed by atoms with Crippen LogP contribution < -0.4 is 10.1 Å². The Kier molecular flexibility index (Phi) is 5.01. The zero-order valence-corrected chi connectivity index (χ0v) is 16.0. The summed E-state index contributed by atoms with van der Waals surface area (Å²) in [7, 11) is 0. The second kappa shape index (κ2) is 7.51. The molecular weight excluding hydrogens is 397 g/mol. The van der Waals surface area contributed by atoms with Crippen LogP contribution in [0.5, 0.6) is 5.75 Å². The number of carbonyl (C=O) groups is 2. The summed E-state index contributed by atoms with van der Waals surface area (Å²) in [6, 6.07) is 9.25. The zero-order chi connectivity index (χ0) is 21.5. The van der Waals surface area contributed by atoms with E-state index >= 15 is 0 Å². The van der Waals surface area contributed by atoms with Gasteiger partial charge in [-0.2, -0.15) is 13.2 Å². The van der Waals surface area contributed by atoms with Crippen molar-refractivity contribution < 1.29 is 27.5 Å². The first kappa shape index (κ1) is 20.0. The predicted molar refractivity (Wildman–Crippen MR) is 102 cm³/mol. The third-order valence-corrected chi connectivity index (χ3v) is 5.33. The van der Waals surface area contributed by atoms with Crippen LogP contribution >= 0.6 is 0 Å².